The number of hydrogen-bond acceptors (Lipinski definition) is 9. The molecule has 2 saturated heterocycles. The van der Waals surface area contributed by atoms with E-state index in [9.17, 15) is 14.6 Å². The molecule has 2 N–H and O–H groups in total. The van der Waals surface area contributed by atoms with Crippen LogP contribution >= 0.6 is 11.3 Å². The summed E-state index contributed by atoms with van der Waals surface area (Å²) in [6.45, 7) is 16.7. The number of aromatic hydroxyl groups is 1. The number of aromatic nitrogens is 3. The number of phenolic OH excluding ortho intramolecular Hbond substituents is 1. The normalized spacial score (nSPS) is 21.2. The van der Waals surface area contributed by atoms with E-state index in [0.717, 1.165) is 98.4 Å². The van der Waals surface area contributed by atoms with E-state index in [1.165, 1.54) is 49.6 Å². The lowest BCUT2D eigenvalue weighted by Gasteiger charge is -2.44. The van der Waals surface area contributed by atoms with Crippen molar-refractivity contribution >= 4 is 28.4 Å². The molecule has 3 aliphatic heterocycles. The number of aliphatic imine (C=N–C) groups is 1. The van der Waals surface area contributed by atoms with Gasteiger partial charge in [0, 0.05) is 79.1 Å². The molecule has 11 heteroatoms. The molecule has 0 saturated carbocycles. The maximum Gasteiger partial charge on any atom is 0.162 e. The van der Waals surface area contributed by atoms with Crippen LogP contribution in [0, 0.1) is 33.5 Å². The van der Waals surface area contributed by atoms with Crippen LogP contribution in [0.2, 0.25) is 0 Å². The molecule has 1 aliphatic carbocycles. The molecule has 4 aromatic carbocycles. The second kappa shape index (κ2) is 16.1. The Kier molecular flexibility index (Phi) is 10.6. The smallest absolute Gasteiger partial charge is 0.162 e. The zero-order valence-electron chi connectivity index (χ0n) is 36.4. The van der Waals surface area contributed by atoms with E-state index in [2.05, 4.69) is 106 Å². The summed E-state index contributed by atoms with van der Waals surface area (Å²) in [4.78, 5) is 13.9. The lowest BCUT2D eigenvalue weighted by molar-refractivity contribution is -0.0173. The summed E-state index contributed by atoms with van der Waals surface area (Å²) < 4.78 is 16.1. The van der Waals surface area contributed by atoms with E-state index in [1.807, 2.05) is 25.1 Å². The van der Waals surface area contributed by atoms with Crippen molar-refractivity contribution in [1.82, 2.24) is 19.7 Å². The molecule has 0 amide bonds. The Morgan fingerprint density at radius 3 is 2.26 bits per heavy atom. The monoisotopic (exact) mass is 849 g/mol. The number of nitrogens with zero attached hydrogens (tertiary/aromatic N) is 7. The van der Waals surface area contributed by atoms with Crippen LogP contribution in [0.15, 0.2) is 89.9 Å². The Morgan fingerprint density at radius 2 is 1.53 bits per heavy atom. The second-order valence-corrected chi connectivity index (χ2v) is 19.4. The van der Waals surface area contributed by atoms with Crippen molar-refractivity contribution < 1.29 is 14.6 Å². The Bertz CT molecular complexity index is 2650. The standard InChI is InChI=1S/C51H56FN7O2S/c1-31-28-39(47-43(36-6-12-40(52)13-7-36)17-10-38-29-42(60)16-18-44(38)47)11-19-45(31)58-26-24-56(25-27-58)30-51(61)20-22-57(23-21-51)41-14-8-37(9-15-41)48-46-32(2)34(4)62-50(46)59-35(5)54-55-49(59)33(3)53-48/h6-9,11-16,18-19,28-29,33,43,47,60-61H,10,17,20-27,30H2,1-5H3/t33-,43-,47+/m0/s1. The third kappa shape index (κ3) is 7.41. The van der Waals surface area contributed by atoms with Gasteiger partial charge >= 0.3 is 0 Å². The van der Waals surface area contributed by atoms with Crippen molar-refractivity contribution in [2.45, 2.75) is 83.8 Å². The lowest BCUT2D eigenvalue weighted by Crippen LogP contribution is -2.55. The van der Waals surface area contributed by atoms with Crippen molar-refractivity contribution in [2.24, 2.45) is 4.99 Å². The Morgan fingerprint density at radius 1 is 0.806 bits per heavy atom. The zero-order valence-corrected chi connectivity index (χ0v) is 37.2. The fourth-order valence-corrected chi connectivity index (χ4v) is 11.9. The highest BCUT2D eigenvalue weighted by molar-refractivity contribution is 7.15. The molecule has 0 spiro atoms. The van der Waals surface area contributed by atoms with Gasteiger partial charge < -0.3 is 20.0 Å². The molecule has 6 aromatic rings. The highest BCUT2D eigenvalue weighted by Gasteiger charge is 2.37. The fraction of sp³-hybridized carbons (Fsp3) is 0.392. The number of hydrogen-bond donors (Lipinski definition) is 2. The highest BCUT2D eigenvalue weighted by Crippen LogP contribution is 2.48. The summed E-state index contributed by atoms with van der Waals surface area (Å²) in [7, 11) is 0. The number of rotatable bonds is 7. The van der Waals surface area contributed by atoms with E-state index in [4.69, 9.17) is 4.99 Å². The second-order valence-electron chi connectivity index (χ2n) is 18.2. The number of phenols is 1. The fourth-order valence-electron chi connectivity index (χ4n) is 10.7. The molecular formula is C51H56FN7O2S. The van der Waals surface area contributed by atoms with E-state index >= 15 is 0 Å². The van der Waals surface area contributed by atoms with Gasteiger partial charge in [0.2, 0.25) is 0 Å². The minimum Gasteiger partial charge on any atom is -0.508 e. The van der Waals surface area contributed by atoms with Gasteiger partial charge in [-0.2, -0.15) is 0 Å². The molecule has 0 bridgehead atoms. The number of aliphatic hydroxyl groups is 1. The molecule has 0 radical (unpaired) electrons. The SMILES string of the molecule is Cc1cc([C@H]2c3ccc(O)cc3CC[C@H]2c2ccc(F)cc2)ccc1N1CCN(CC2(O)CCN(c3ccc(C4=N[C@@H](C)c5nnc(C)n5-c5sc(C)c(C)c54)cc3)CC2)CC1. The number of benzene rings is 4. The van der Waals surface area contributed by atoms with Crippen LogP contribution in [0.25, 0.3) is 5.00 Å². The Labute approximate surface area is 368 Å². The number of piperazine rings is 1. The first-order valence-electron chi connectivity index (χ1n) is 22.3. The summed E-state index contributed by atoms with van der Waals surface area (Å²) in [5, 5.41) is 32.2. The molecule has 9 nitrogen and oxygen atoms in total. The maximum atomic E-state index is 13.9. The first-order valence-corrected chi connectivity index (χ1v) is 23.1. The van der Waals surface area contributed by atoms with Gasteiger partial charge in [-0.3, -0.25) is 14.5 Å². The van der Waals surface area contributed by atoms with Crippen LogP contribution in [0.5, 0.6) is 5.75 Å². The molecule has 4 aliphatic rings. The molecule has 0 unspecified atom stereocenters. The number of β-amino-alcohol motifs (C(OH)–C–C–N with tert-alkyl or cyclic N) is 1. The number of anilines is 2. The van der Waals surface area contributed by atoms with Crippen LogP contribution in [-0.2, 0) is 6.42 Å². The van der Waals surface area contributed by atoms with Crippen molar-refractivity contribution in [2.75, 3.05) is 55.6 Å². The first kappa shape index (κ1) is 40.7. The van der Waals surface area contributed by atoms with Crippen LogP contribution in [0.1, 0.15) is 105 Å². The van der Waals surface area contributed by atoms with Gasteiger partial charge in [-0.05, 0) is 142 Å². The number of fused-ring (bicyclic) bond motifs is 4. The molecule has 3 atom stereocenters. The summed E-state index contributed by atoms with van der Waals surface area (Å²) in [6, 6.07) is 28.4. The molecule has 2 aromatic heterocycles. The quantitative estimate of drug-likeness (QED) is 0.166. The predicted octanol–water partition coefficient (Wildman–Crippen LogP) is 9.33. The van der Waals surface area contributed by atoms with Crippen molar-refractivity contribution in [3.63, 3.8) is 0 Å². The molecule has 2 fully saturated rings. The van der Waals surface area contributed by atoms with E-state index in [0.29, 0.717) is 12.3 Å². The highest BCUT2D eigenvalue weighted by atomic mass is 32.1. The zero-order chi connectivity index (χ0) is 42.9. The largest absolute Gasteiger partial charge is 0.508 e. The molecular weight excluding hydrogens is 794 g/mol. The van der Waals surface area contributed by atoms with Crippen LogP contribution in [0.4, 0.5) is 15.8 Å². The van der Waals surface area contributed by atoms with Crippen molar-refractivity contribution in [1.29, 1.82) is 0 Å². The molecule has 5 heterocycles. The number of thiophene rings is 1. The number of piperidine rings is 1. The van der Waals surface area contributed by atoms with Crippen LogP contribution in [0.3, 0.4) is 0 Å². The third-order valence-electron chi connectivity index (χ3n) is 14.3. The third-order valence-corrected chi connectivity index (χ3v) is 15.4. The van der Waals surface area contributed by atoms with Gasteiger partial charge in [0.05, 0.1) is 11.3 Å². The van der Waals surface area contributed by atoms with Gasteiger partial charge in [0.15, 0.2) is 5.82 Å². The number of aryl methyl sites for hydroxylation is 4. The average molecular weight is 850 g/mol. The van der Waals surface area contributed by atoms with Crippen molar-refractivity contribution in [3.8, 4) is 10.8 Å². The molecule has 320 valence electrons. The molecule has 62 heavy (non-hydrogen) atoms. The summed E-state index contributed by atoms with van der Waals surface area (Å²) in [6.07, 6.45) is 3.29. The summed E-state index contributed by atoms with van der Waals surface area (Å²) in [5.41, 5.74) is 12.3. The average Bonchev–Trinajstić information content (AvgIpc) is 3.76. The van der Waals surface area contributed by atoms with Gasteiger partial charge in [0.25, 0.3) is 0 Å². The van der Waals surface area contributed by atoms with Gasteiger partial charge in [-0.1, -0.05) is 42.5 Å². The lowest BCUT2D eigenvalue weighted by atomic mass is 9.69. The van der Waals surface area contributed by atoms with Gasteiger partial charge in [-0.25, -0.2) is 4.39 Å². The summed E-state index contributed by atoms with van der Waals surface area (Å²) in [5.74, 6) is 2.18. The number of halogens is 1. The minimum absolute atomic E-state index is 0.114. The predicted molar refractivity (Wildman–Crippen MR) is 248 cm³/mol. The van der Waals surface area contributed by atoms with Gasteiger partial charge in [-0.15, -0.1) is 21.5 Å². The first-order chi connectivity index (χ1) is 29.9. The Hall–Kier alpha value is -5.36. The topological polar surface area (TPSA) is 93.2 Å². The van der Waals surface area contributed by atoms with E-state index in [-0.39, 0.29) is 23.7 Å². The summed E-state index contributed by atoms with van der Waals surface area (Å²) >= 11 is 1.78. The van der Waals surface area contributed by atoms with E-state index in [1.54, 1.807) is 29.5 Å². The Balaban J connectivity index is 0.773. The van der Waals surface area contributed by atoms with Gasteiger partial charge in [0.1, 0.15) is 28.4 Å². The van der Waals surface area contributed by atoms with Crippen molar-refractivity contribution in [3.05, 3.63) is 152 Å². The van der Waals surface area contributed by atoms with Crippen LogP contribution in [-0.4, -0.2) is 87.0 Å². The minimum atomic E-state index is -0.710. The molecule has 10 rings (SSSR count). The van der Waals surface area contributed by atoms with Crippen LogP contribution < -0.4 is 9.80 Å². The maximum absolute atomic E-state index is 13.9. The van der Waals surface area contributed by atoms with E-state index < -0.39 is 5.60 Å².